The molecule has 0 aliphatic carbocycles. The number of aromatic carboxylic acids is 1. The van der Waals surface area contributed by atoms with E-state index in [-0.39, 0.29) is 0 Å². The van der Waals surface area contributed by atoms with Gasteiger partial charge in [-0.15, -0.1) is 0 Å². The van der Waals surface area contributed by atoms with Crippen molar-refractivity contribution in [2.24, 2.45) is 0 Å². The topological polar surface area (TPSA) is 86.3 Å². The molecule has 0 aliphatic heterocycles. The minimum absolute atomic E-state index is 0.582. The summed E-state index contributed by atoms with van der Waals surface area (Å²) in [4.78, 5) is 32.5. The lowest BCUT2D eigenvalue weighted by Gasteiger charge is -2.15. The van der Waals surface area contributed by atoms with Crippen LogP contribution in [-0.2, 0) is 4.79 Å². The van der Waals surface area contributed by atoms with E-state index in [1.54, 1.807) is 0 Å². The quantitative estimate of drug-likeness (QED) is 0.840. The van der Waals surface area contributed by atoms with Crippen LogP contribution in [0, 0.1) is 0 Å². The van der Waals surface area contributed by atoms with Crippen molar-refractivity contribution in [1.82, 2.24) is 0 Å². The maximum absolute atomic E-state index is 12.1. The van der Waals surface area contributed by atoms with Crippen molar-refractivity contribution in [3.63, 3.8) is 0 Å². The molecule has 0 aliphatic rings. The lowest BCUT2D eigenvalue weighted by Crippen LogP contribution is -2.32. The summed E-state index contributed by atoms with van der Waals surface area (Å²) in [6.45, 7) is 0. The van der Waals surface area contributed by atoms with Gasteiger partial charge in [0, 0.05) is 5.56 Å². The Morgan fingerprint density at radius 3 is 2.11 bits per heavy atom. The number of benzene rings is 1. The van der Waals surface area contributed by atoms with E-state index >= 15 is 0 Å². The number of rotatable bonds is 3. The Bertz CT molecular complexity index is 524. The number of carbonyl (C=O) groups is 3. The van der Waals surface area contributed by atoms with E-state index in [2.05, 4.69) is 0 Å². The number of carboxylic acid groups (broad SMARTS) is 1. The van der Waals surface area contributed by atoms with Gasteiger partial charge in [-0.1, -0.05) is 12.1 Å². The van der Waals surface area contributed by atoms with Crippen LogP contribution < -0.4 is 10.4 Å². The first kappa shape index (κ1) is 15.0. The van der Waals surface area contributed by atoms with Crippen LogP contribution in [0.5, 0.6) is 0 Å². The van der Waals surface area contributed by atoms with Crippen LogP contribution in [0.1, 0.15) is 20.7 Å². The minimum atomic E-state index is -5.24. The van der Waals surface area contributed by atoms with Gasteiger partial charge in [0.1, 0.15) is 0 Å². The molecule has 1 N–H and O–H groups in total. The van der Waals surface area contributed by atoms with Crippen molar-refractivity contribution in [2.45, 2.75) is 6.18 Å². The van der Waals surface area contributed by atoms with Gasteiger partial charge in [0.15, 0.2) is 0 Å². The molecule has 1 aromatic carbocycles. The van der Waals surface area contributed by atoms with Crippen LogP contribution in [0.3, 0.4) is 0 Å². The fourth-order valence-corrected chi connectivity index (χ4v) is 1.36. The summed E-state index contributed by atoms with van der Waals surface area (Å²) in [6.07, 6.45) is -5.24. The number of alkyl halides is 3. The molecule has 19 heavy (non-hydrogen) atoms. The van der Waals surface area contributed by atoms with Crippen LogP contribution in [0.25, 0.3) is 0 Å². The molecule has 9 heteroatoms. The number of carbonyl (C=O) groups excluding carboxylic acids is 3. The Morgan fingerprint density at radius 1 is 1.16 bits per heavy atom. The zero-order valence-corrected chi connectivity index (χ0v) is 9.63. The molecule has 0 saturated heterocycles. The van der Waals surface area contributed by atoms with Crippen LogP contribution in [0.4, 0.5) is 18.9 Å². The molecule has 1 rings (SSSR count). The molecule has 0 fully saturated rings. The molecule has 0 spiro atoms. The Balaban J connectivity index is 3.34. The van der Waals surface area contributed by atoms with E-state index in [9.17, 15) is 32.7 Å². The second-order valence-corrected chi connectivity index (χ2v) is 3.58. The molecule has 0 saturated carbocycles. The third kappa shape index (κ3) is 3.44. The third-order valence-electron chi connectivity index (χ3n) is 1.99. The Hall–Kier alpha value is -2.09. The largest absolute Gasteiger partial charge is 0.545 e. The van der Waals surface area contributed by atoms with Gasteiger partial charge in [-0.3, -0.25) is 9.59 Å². The maximum atomic E-state index is 12.1. The molecule has 0 atom stereocenters. The standard InChI is InChI=1S/C10H5ClF3NO4/c11-7(16)4-2-1-3-5(8(17)18)6(4)15-9(19)10(12,13)14/h1-3H,(H,15,19)(H,17,18)/p-1. The summed E-state index contributed by atoms with van der Waals surface area (Å²) in [6, 6.07) is 2.91. The van der Waals surface area contributed by atoms with Crippen molar-refractivity contribution in [2.75, 3.05) is 5.32 Å². The molecule has 0 bridgehead atoms. The summed E-state index contributed by atoms with van der Waals surface area (Å²) < 4.78 is 36.3. The SMILES string of the molecule is O=C([O-])c1cccc(C(=O)Cl)c1NC(=O)C(F)(F)F. The molecular formula is C10H4ClF3NO4-. The smallest absolute Gasteiger partial charge is 0.471 e. The van der Waals surface area contributed by atoms with Crippen molar-refractivity contribution in [3.05, 3.63) is 29.3 Å². The molecule has 0 radical (unpaired) electrons. The summed E-state index contributed by atoms with van der Waals surface area (Å²) in [5, 5.41) is 10.8. The van der Waals surface area contributed by atoms with Crippen LogP contribution >= 0.6 is 11.6 Å². The zero-order valence-electron chi connectivity index (χ0n) is 8.88. The molecule has 1 amide bonds. The maximum Gasteiger partial charge on any atom is 0.471 e. The van der Waals surface area contributed by atoms with Gasteiger partial charge < -0.3 is 15.2 Å². The Kier molecular flexibility index (Phi) is 4.15. The Labute approximate surface area is 109 Å². The van der Waals surface area contributed by atoms with Gasteiger partial charge in [0.25, 0.3) is 5.24 Å². The van der Waals surface area contributed by atoms with Crippen LogP contribution in [0.15, 0.2) is 18.2 Å². The number of anilines is 1. The molecule has 102 valence electrons. The fourth-order valence-electron chi connectivity index (χ4n) is 1.21. The Morgan fingerprint density at radius 2 is 1.68 bits per heavy atom. The van der Waals surface area contributed by atoms with Gasteiger partial charge in [-0.25, -0.2) is 0 Å². The van der Waals surface area contributed by atoms with E-state index in [1.807, 2.05) is 0 Å². The monoisotopic (exact) mass is 294 g/mol. The molecule has 0 unspecified atom stereocenters. The van der Waals surface area contributed by atoms with E-state index in [4.69, 9.17) is 11.6 Å². The van der Waals surface area contributed by atoms with Crippen molar-refractivity contribution >= 4 is 34.4 Å². The highest BCUT2D eigenvalue weighted by atomic mass is 35.5. The van der Waals surface area contributed by atoms with Crippen molar-refractivity contribution in [3.8, 4) is 0 Å². The summed E-state index contributed by atoms with van der Waals surface area (Å²) in [5.74, 6) is -4.29. The number of hydrogen-bond acceptors (Lipinski definition) is 4. The highest BCUT2D eigenvalue weighted by molar-refractivity contribution is 6.68. The van der Waals surface area contributed by atoms with Gasteiger partial charge in [-0.2, -0.15) is 13.2 Å². The van der Waals surface area contributed by atoms with Gasteiger partial charge in [0.05, 0.1) is 17.2 Å². The molecular weight excluding hydrogens is 291 g/mol. The first-order valence-electron chi connectivity index (χ1n) is 4.57. The van der Waals surface area contributed by atoms with Crippen molar-refractivity contribution in [1.29, 1.82) is 0 Å². The van der Waals surface area contributed by atoms with Gasteiger partial charge in [-0.05, 0) is 17.7 Å². The lowest BCUT2D eigenvalue weighted by molar-refractivity contribution is -0.254. The summed E-state index contributed by atoms with van der Waals surface area (Å²) in [7, 11) is 0. The first-order chi connectivity index (χ1) is 8.64. The highest BCUT2D eigenvalue weighted by Gasteiger charge is 2.39. The van der Waals surface area contributed by atoms with Gasteiger partial charge in [0.2, 0.25) is 0 Å². The van der Waals surface area contributed by atoms with Gasteiger partial charge >= 0.3 is 12.1 Å². The van der Waals surface area contributed by atoms with E-state index in [0.717, 1.165) is 18.2 Å². The predicted molar refractivity (Wildman–Crippen MR) is 55.6 cm³/mol. The second kappa shape index (κ2) is 5.27. The van der Waals surface area contributed by atoms with E-state index < -0.39 is 40.1 Å². The average Bonchev–Trinajstić information content (AvgIpc) is 2.27. The first-order valence-corrected chi connectivity index (χ1v) is 4.94. The zero-order chi connectivity index (χ0) is 14.8. The number of carboxylic acids is 1. The summed E-state index contributed by atoms with van der Waals surface area (Å²) >= 11 is 5.10. The average molecular weight is 295 g/mol. The predicted octanol–water partition coefficient (Wildman–Crippen LogP) is 0.930. The molecule has 0 aromatic heterocycles. The number of nitrogens with one attached hydrogen (secondary N) is 1. The van der Waals surface area contributed by atoms with E-state index in [0.29, 0.717) is 0 Å². The number of amides is 1. The number of para-hydroxylation sites is 1. The normalized spacial score (nSPS) is 10.9. The highest BCUT2D eigenvalue weighted by Crippen LogP contribution is 2.25. The van der Waals surface area contributed by atoms with Crippen molar-refractivity contribution < 1.29 is 32.7 Å². The van der Waals surface area contributed by atoms with Crippen LogP contribution in [0.2, 0.25) is 0 Å². The fraction of sp³-hybridized carbons (Fsp3) is 0.100. The minimum Gasteiger partial charge on any atom is -0.545 e. The molecule has 5 nitrogen and oxygen atoms in total. The second-order valence-electron chi connectivity index (χ2n) is 3.24. The lowest BCUT2D eigenvalue weighted by atomic mass is 10.1. The number of halogens is 4. The summed E-state index contributed by atoms with van der Waals surface area (Å²) in [5.41, 5.74) is -2.23. The molecule has 1 aromatic rings. The number of hydrogen-bond donors (Lipinski definition) is 1. The van der Waals surface area contributed by atoms with Crippen LogP contribution in [-0.4, -0.2) is 23.3 Å². The van der Waals surface area contributed by atoms with E-state index in [1.165, 1.54) is 5.32 Å². The third-order valence-corrected chi connectivity index (χ3v) is 2.20. The molecule has 0 heterocycles.